The van der Waals surface area contributed by atoms with E-state index in [0.717, 1.165) is 11.2 Å². The van der Waals surface area contributed by atoms with Crippen LogP contribution in [0.4, 0.5) is 0 Å². The van der Waals surface area contributed by atoms with Gasteiger partial charge in [-0.3, -0.25) is 0 Å². The maximum absolute atomic E-state index is 6.44. The summed E-state index contributed by atoms with van der Waals surface area (Å²) in [5, 5.41) is 10.1. The van der Waals surface area contributed by atoms with Crippen LogP contribution in [0.3, 0.4) is 0 Å². The van der Waals surface area contributed by atoms with Crippen molar-refractivity contribution in [2.24, 2.45) is 0 Å². The minimum Gasteiger partial charge on any atom is -0.454 e. The molecule has 0 radical (unpaired) electrons. The Labute approximate surface area is 170 Å². The molecule has 0 bridgehead atoms. The van der Waals surface area contributed by atoms with Gasteiger partial charge in [0, 0.05) is 32.3 Å². The molecule has 8 rings (SSSR count). The van der Waals surface area contributed by atoms with Crippen molar-refractivity contribution in [2.45, 2.75) is 0 Å². The molecule has 138 valence electrons. The highest BCUT2D eigenvalue weighted by molar-refractivity contribution is 6.31. The summed E-state index contributed by atoms with van der Waals surface area (Å²) in [7, 11) is 0. The average Bonchev–Trinajstić information content (AvgIpc) is 3.45. The van der Waals surface area contributed by atoms with Crippen LogP contribution in [0.5, 0.6) is 0 Å². The number of fused-ring (bicyclic) bond motifs is 12. The van der Waals surface area contributed by atoms with Gasteiger partial charge in [-0.05, 0) is 29.0 Å². The van der Waals surface area contributed by atoms with Crippen molar-refractivity contribution in [3.8, 4) is 0 Å². The van der Waals surface area contributed by atoms with Gasteiger partial charge in [-0.25, -0.2) is 0 Å². The zero-order chi connectivity index (χ0) is 19.4. The Morgan fingerprint density at radius 1 is 0.500 bits per heavy atom. The number of hydrogen-bond acceptors (Lipinski definition) is 1. The van der Waals surface area contributed by atoms with Gasteiger partial charge in [0.15, 0.2) is 5.58 Å². The SMILES string of the molecule is c1ccc2c(c1)ccc1c2c2cccc3c4ccc5c6ccccc6oc5c4n1c32. The third-order valence-electron chi connectivity index (χ3n) is 6.71. The van der Waals surface area contributed by atoms with Crippen molar-refractivity contribution in [2.75, 3.05) is 0 Å². The molecule has 0 aliphatic rings. The molecule has 5 aromatic carbocycles. The predicted octanol–water partition coefficient (Wildman–Crippen LogP) is 7.89. The summed E-state index contributed by atoms with van der Waals surface area (Å²) in [6, 6.07) is 32.6. The lowest BCUT2D eigenvalue weighted by Crippen LogP contribution is -1.82. The Morgan fingerprint density at radius 2 is 1.23 bits per heavy atom. The Balaban J connectivity index is 1.76. The summed E-state index contributed by atoms with van der Waals surface area (Å²) < 4.78 is 8.87. The van der Waals surface area contributed by atoms with Crippen LogP contribution in [0.1, 0.15) is 0 Å². The Kier molecular flexibility index (Phi) is 2.44. The lowest BCUT2D eigenvalue weighted by atomic mass is 10.0. The number of benzene rings is 5. The van der Waals surface area contributed by atoms with E-state index >= 15 is 0 Å². The van der Waals surface area contributed by atoms with Crippen LogP contribution in [0.15, 0.2) is 95.4 Å². The highest BCUT2D eigenvalue weighted by Gasteiger charge is 2.21. The van der Waals surface area contributed by atoms with Crippen LogP contribution >= 0.6 is 0 Å². The largest absolute Gasteiger partial charge is 0.454 e. The molecule has 0 spiro atoms. The minimum absolute atomic E-state index is 0.940. The second-order valence-electron chi connectivity index (χ2n) is 8.15. The molecule has 2 heteroatoms. The molecule has 0 N–H and O–H groups in total. The predicted molar refractivity (Wildman–Crippen MR) is 126 cm³/mol. The van der Waals surface area contributed by atoms with E-state index in [9.17, 15) is 0 Å². The first-order valence-corrected chi connectivity index (χ1v) is 10.3. The molecule has 8 aromatic rings. The van der Waals surface area contributed by atoms with E-state index in [0.29, 0.717) is 0 Å². The molecule has 0 unspecified atom stereocenters. The maximum Gasteiger partial charge on any atom is 0.160 e. The zero-order valence-electron chi connectivity index (χ0n) is 16.0. The molecule has 0 aliphatic carbocycles. The number of hydrogen-bond donors (Lipinski definition) is 0. The van der Waals surface area contributed by atoms with Gasteiger partial charge in [0.1, 0.15) is 5.58 Å². The standard InChI is InChI=1S/C28H15NO/c1-2-7-17-16(6-1)12-15-23-25(17)22-10-5-9-19-20-13-14-21-18-8-3-4-11-24(18)30-28(21)27(20)29(23)26(19)22/h1-15H. The first-order chi connectivity index (χ1) is 14.9. The lowest BCUT2D eigenvalue weighted by Gasteiger charge is -2.02. The molecule has 0 atom stereocenters. The van der Waals surface area contributed by atoms with E-state index in [-0.39, 0.29) is 0 Å². The summed E-state index contributed by atoms with van der Waals surface area (Å²) in [5.41, 5.74) is 5.60. The van der Waals surface area contributed by atoms with Crippen molar-refractivity contribution in [3.05, 3.63) is 91.0 Å². The molecule has 30 heavy (non-hydrogen) atoms. The average molecular weight is 381 g/mol. The van der Waals surface area contributed by atoms with Crippen molar-refractivity contribution < 1.29 is 4.42 Å². The molecule has 0 amide bonds. The van der Waals surface area contributed by atoms with Gasteiger partial charge >= 0.3 is 0 Å². The van der Waals surface area contributed by atoms with Gasteiger partial charge in [-0.1, -0.05) is 72.8 Å². The first kappa shape index (κ1) is 14.9. The minimum atomic E-state index is 0.940. The van der Waals surface area contributed by atoms with Crippen LogP contribution in [-0.2, 0) is 0 Å². The highest BCUT2D eigenvalue weighted by Crippen LogP contribution is 2.44. The molecular formula is C28H15NO. The number of para-hydroxylation sites is 2. The van der Waals surface area contributed by atoms with Crippen LogP contribution in [0, 0.1) is 0 Å². The van der Waals surface area contributed by atoms with Crippen LogP contribution in [-0.4, -0.2) is 4.40 Å². The summed E-state index contributed by atoms with van der Waals surface area (Å²) in [6.07, 6.45) is 0. The number of furan rings is 1. The van der Waals surface area contributed by atoms with Gasteiger partial charge in [0.2, 0.25) is 0 Å². The fraction of sp³-hybridized carbons (Fsp3) is 0. The maximum atomic E-state index is 6.44. The van der Waals surface area contributed by atoms with E-state index < -0.39 is 0 Å². The van der Waals surface area contributed by atoms with Crippen molar-refractivity contribution in [3.63, 3.8) is 0 Å². The molecule has 0 fully saturated rings. The lowest BCUT2D eigenvalue weighted by molar-refractivity contribution is 0.671. The third kappa shape index (κ3) is 1.56. The van der Waals surface area contributed by atoms with E-state index in [4.69, 9.17) is 4.42 Å². The van der Waals surface area contributed by atoms with Gasteiger partial charge < -0.3 is 8.82 Å². The molecule has 3 heterocycles. The van der Waals surface area contributed by atoms with E-state index in [1.54, 1.807) is 0 Å². The van der Waals surface area contributed by atoms with Crippen molar-refractivity contribution in [1.29, 1.82) is 0 Å². The summed E-state index contributed by atoms with van der Waals surface area (Å²) in [5.74, 6) is 0. The van der Waals surface area contributed by atoms with E-state index in [1.165, 1.54) is 59.6 Å². The summed E-state index contributed by atoms with van der Waals surface area (Å²) in [4.78, 5) is 0. The normalized spacial score (nSPS) is 12.7. The highest BCUT2D eigenvalue weighted by atomic mass is 16.3. The van der Waals surface area contributed by atoms with Crippen LogP contribution in [0.25, 0.3) is 70.8 Å². The smallest absolute Gasteiger partial charge is 0.160 e. The molecule has 2 nitrogen and oxygen atoms in total. The van der Waals surface area contributed by atoms with E-state index in [2.05, 4.69) is 89.3 Å². The Bertz CT molecular complexity index is 1950. The number of rotatable bonds is 0. The van der Waals surface area contributed by atoms with Crippen molar-refractivity contribution >= 4 is 70.8 Å². The topological polar surface area (TPSA) is 17.6 Å². The molecule has 0 saturated heterocycles. The molecular weight excluding hydrogens is 366 g/mol. The Hall–Kier alpha value is -4.04. The van der Waals surface area contributed by atoms with Crippen molar-refractivity contribution in [1.82, 2.24) is 4.40 Å². The first-order valence-electron chi connectivity index (χ1n) is 10.3. The van der Waals surface area contributed by atoms with Gasteiger partial charge in [0.05, 0.1) is 16.6 Å². The molecule has 3 aromatic heterocycles. The number of aromatic nitrogens is 1. The quantitative estimate of drug-likeness (QED) is 0.261. The Morgan fingerprint density at radius 3 is 2.20 bits per heavy atom. The molecule has 0 aliphatic heterocycles. The van der Waals surface area contributed by atoms with Crippen LogP contribution in [0.2, 0.25) is 0 Å². The summed E-state index contributed by atoms with van der Waals surface area (Å²) in [6.45, 7) is 0. The summed E-state index contributed by atoms with van der Waals surface area (Å²) >= 11 is 0. The van der Waals surface area contributed by atoms with E-state index in [1.807, 2.05) is 6.07 Å². The zero-order valence-corrected chi connectivity index (χ0v) is 16.0. The fourth-order valence-corrected chi connectivity index (χ4v) is 5.50. The number of nitrogens with zero attached hydrogens (tertiary/aromatic N) is 1. The van der Waals surface area contributed by atoms with Crippen LogP contribution < -0.4 is 0 Å². The monoisotopic (exact) mass is 381 g/mol. The molecule has 0 saturated carbocycles. The third-order valence-corrected chi connectivity index (χ3v) is 6.71. The van der Waals surface area contributed by atoms with Gasteiger partial charge in [-0.2, -0.15) is 0 Å². The fourth-order valence-electron chi connectivity index (χ4n) is 5.50. The van der Waals surface area contributed by atoms with Gasteiger partial charge in [-0.15, -0.1) is 0 Å². The van der Waals surface area contributed by atoms with Gasteiger partial charge in [0.25, 0.3) is 0 Å². The second kappa shape index (κ2) is 4.92. The second-order valence-corrected chi connectivity index (χ2v) is 8.15.